The van der Waals surface area contributed by atoms with Crippen molar-refractivity contribution in [2.45, 2.75) is 96.1 Å². The SMILES string of the molecule is CCCCCCC(CCC(C1CCCCC1)n1cc(C(=O)O)cc(F)c1=O)Nc1ccc(Br)cc1F. The molecule has 0 saturated heterocycles. The maximum atomic E-state index is 14.6. The molecule has 2 N–H and O–H groups in total. The van der Waals surface area contributed by atoms with Crippen molar-refractivity contribution in [3.8, 4) is 0 Å². The summed E-state index contributed by atoms with van der Waals surface area (Å²) in [5, 5.41) is 12.8. The molecule has 198 valence electrons. The predicted molar refractivity (Wildman–Crippen MR) is 143 cm³/mol. The topological polar surface area (TPSA) is 71.3 Å². The van der Waals surface area contributed by atoms with Gasteiger partial charge in [0, 0.05) is 22.8 Å². The third-order valence-corrected chi connectivity index (χ3v) is 7.80. The van der Waals surface area contributed by atoms with Crippen LogP contribution in [0.4, 0.5) is 14.5 Å². The molecule has 0 spiro atoms. The van der Waals surface area contributed by atoms with Crippen molar-refractivity contribution < 1.29 is 18.7 Å². The summed E-state index contributed by atoms with van der Waals surface area (Å²) in [6, 6.07) is 5.42. The lowest BCUT2D eigenvalue weighted by atomic mass is 9.81. The van der Waals surface area contributed by atoms with Crippen molar-refractivity contribution in [2.75, 3.05) is 5.32 Å². The van der Waals surface area contributed by atoms with Crippen molar-refractivity contribution in [3.05, 3.63) is 62.5 Å². The average Bonchev–Trinajstić information content (AvgIpc) is 2.86. The number of pyridine rings is 1. The second-order valence-electron chi connectivity index (χ2n) is 9.95. The van der Waals surface area contributed by atoms with Crippen LogP contribution >= 0.6 is 15.9 Å². The summed E-state index contributed by atoms with van der Waals surface area (Å²) in [5.74, 6) is -2.46. The van der Waals surface area contributed by atoms with Crippen LogP contribution in [0, 0.1) is 17.6 Å². The first-order chi connectivity index (χ1) is 17.3. The van der Waals surface area contributed by atoms with E-state index in [-0.39, 0.29) is 29.4 Å². The van der Waals surface area contributed by atoms with Gasteiger partial charge in [0.25, 0.3) is 5.56 Å². The van der Waals surface area contributed by atoms with Crippen LogP contribution in [0.3, 0.4) is 0 Å². The molecule has 36 heavy (non-hydrogen) atoms. The van der Waals surface area contributed by atoms with E-state index < -0.39 is 17.3 Å². The third kappa shape index (κ3) is 7.89. The summed E-state index contributed by atoms with van der Waals surface area (Å²) in [6.45, 7) is 2.16. The molecule has 0 amide bonds. The average molecular weight is 568 g/mol. The Hall–Kier alpha value is -2.22. The number of aromatic carboxylic acids is 1. The van der Waals surface area contributed by atoms with E-state index in [0.29, 0.717) is 23.0 Å². The minimum Gasteiger partial charge on any atom is -0.478 e. The Morgan fingerprint density at radius 1 is 1.08 bits per heavy atom. The maximum absolute atomic E-state index is 14.6. The zero-order chi connectivity index (χ0) is 26.1. The summed E-state index contributed by atoms with van der Waals surface area (Å²) >= 11 is 3.30. The number of benzene rings is 1. The van der Waals surface area contributed by atoms with Gasteiger partial charge in [0.1, 0.15) is 5.82 Å². The van der Waals surface area contributed by atoms with E-state index in [1.807, 2.05) is 0 Å². The lowest BCUT2D eigenvalue weighted by Crippen LogP contribution is -2.34. The monoisotopic (exact) mass is 566 g/mol. The summed E-state index contributed by atoms with van der Waals surface area (Å²) in [7, 11) is 0. The molecule has 1 aromatic carbocycles. The number of anilines is 1. The molecule has 0 radical (unpaired) electrons. The number of aromatic nitrogens is 1. The highest BCUT2D eigenvalue weighted by molar-refractivity contribution is 9.10. The van der Waals surface area contributed by atoms with Crippen LogP contribution in [-0.2, 0) is 0 Å². The highest BCUT2D eigenvalue weighted by Gasteiger charge is 2.28. The molecule has 2 atom stereocenters. The molecule has 3 rings (SSSR count). The molecule has 1 aromatic heterocycles. The standard InChI is InChI=1S/C28H37BrF2N2O3/c1-2-3-4-8-11-22(32-25-14-12-21(29)17-23(25)30)13-15-26(19-9-6-5-7-10-19)33-18-20(28(35)36)16-24(31)27(33)34/h12,14,16-19,22,26,32H,2-11,13,15H2,1H3,(H,35,36). The van der Waals surface area contributed by atoms with E-state index in [1.165, 1.54) is 16.8 Å². The largest absolute Gasteiger partial charge is 0.478 e. The number of hydrogen-bond acceptors (Lipinski definition) is 3. The molecule has 5 nitrogen and oxygen atoms in total. The van der Waals surface area contributed by atoms with Crippen molar-refractivity contribution in [1.82, 2.24) is 4.57 Å². The van der Waals surface area contributed by atoms with Gasteiger partial charge in [-0.05, 0) is 62.3 Å². The number of nitrogens with one attached hydrogen (secondary N) is 1. The number of carboxylic acids is 1. The molecule has 2 unspecified atom stereocenters. The van der Waals surface area contributed by atoms with Gasteiger partial charge in [-0.1, -0.05) is 67.8 Å². The van der Waals surface area contributed by atoms with Gasteiger partial charge >= 0.3 is 5.97 Å². The number of unbranched alkanes of at least 4 members (excludes halogenated alkanes) is 3. The summed E-state index contributed by atoms with van der Waals surface area (Å²) in [5.41, 5.74) is -0.565. The van der Waals surface area contributed by atoms with Crippen LogP contribution in [0.15, 0.2) is 39.7 Å². The van der Waals surface area contributed by atoms with Gasteiger partial charge in [-0.25, -0.2) is 13.6 Å². The normalized spacial score (nSPS) is 16.0. The Bertz CT molecular complexity index is 1070. The van der Waals surface area contributed by atoms with Crippen molar-refractivity contribution in [3.63, 3.8) is 0 Å². The van der Waals surface area contributed by atoms with E-state index in [0.717, 1.165) is 70.3 Å². The first-order valence-electron chi connectivity index (χ1n) is 13.2. The predicted octanol–water partition coefficient (Wildman–Crippen LogP) is 7.94. The molecular weight excluding hydrogens is 530 g/mol. The second-order valence-corrected chi connectivity index (χ2v) is 10.9. The Kier molecular flexibility index (Phi) is 11.0. The minimum absolute atomic E-state index is 0.0215. The Morgan fingerprint density at radius 3 is 2.50 bits per heavy atom. The van der Waals surface area contributed by atoms with Gasteiger partial charge in [-0.3, -0.25) is 4.79 Å². The molecule has 1 fully saturated rings. The smallest absolute Gasteiger partial charge is 0.337 e. The van der Waals surface area contributed by atoms with Gasteiger partial charge in [0.05, 0.1) is 11.3 Å². The summed E-state index contributed by atoms with van der Waals surface area (Å²) in [4.78, 5) is 24.4. The lowest BCUT2D eigenvalue weighted by molar-refractivity contribution is 0.0694. The highest BCUT2D eigenvalue weighted by Crippen LogP contribution is 2.36. The van der Waals surface area contributed by atoms with E-state index in [9.17, 15) is 23.5 Å². The number of carbonyl (C=O) groups is 1. The third-order valence-electron chi connectivity index (χ3n) is 7.31. The van der Waals surface area contributed by atoms with Gasteiger partial charge in [0.2, 0.25) is 0 Å². The number of nitrogens with zero attached hydrogens (tertiary/aromatic N) is 1. The highest BCUT2D eigenvalue weighted by atomic mass is 79.9. The van der Waals surface area contributed by atoms with Crippen LogP contribution < -0.4 is 10.9 Å². The maximum Gasteiger partial charge on any atom is 0.337 e. The molecule has 1 heterocycles. The first-order valence-corrected chi connectivity index (χ1v) is 14.0. The molecule has 1 aliphatic rings. The fraction of sp³-hybridized carbons (Fsp3) is 0.571. The quantitative estimate of drug-likeness (QED) is 0.241. The van der Waals surface area contributed by atoms with Crippen LogP contribution in [0.2, 0.25) is 0 Å². The Labute approximate surface area is 220 Å². The fourth-order valence-electron chi connectivity index (χ4n) is 5.36. The van der Waals surface area contributed by atoms with E-state index >= 15 is 0 Å². The van der Waals surface area contributed by atoms with Crippen molar-refractivity contribution in [1.29, 1.82) is 0 Å². The molecular formula is C28H37BrF2N2O3. The van der Waals surface area contributed by atoms with Crippen LogP contribution in [0.1, 0.15) is 100 Å². The molecule has 2 aromatic rings. The zero-order valence-corrected chi connectivity index (χ0v) is 22.5. The van der Waals surface area contributed by atoms with E-state index in [4.69, 9.17) is 0 Å². The number of rotatable bonds is 13. The van der Waals surface area contributed by atoms with E-state index in [2.05, 4.69) is 28.2 Å². The minimum atomic E-state index is -1.26. The first kappa shape index (κ1) is 28.4. The molecule has 1 aliphatic carbocycles. The molecule has 0 aliphatic heterocycles. The van der Waals surface area contributed by atoms with Crippen LogP contribution in [0.5, 0.6) is 0 Å². The van der Waals surface area contributed by atoms with Crippen molar-refractivity contribution in [2.24, 2.45) is 5.92 Å². The van der Waals surface area contributed by atoms with E-state index in [1.54, 1.807) is 12.1 Å². The van der Waals surface area contributed by atoms with Crippen molar-refractivity contribution >= 4 is 27.6 Å². The van der Waals surface area contributed by atoms with Gasteiger partial charge in [-0.15, -0.1) is 0 Å². The fourth-order valence-corrected chi connectivity index (χ4v) is 5.69. The van der Waals surface area contributed by atoms with Gasteiger partial charge in [-0.2, -0.15) is 0 Å². The summed E-state index contributed by atoms with van der Waals surface area (Å²) < 4.78 is 31.1. The Balaban J connectivity index is 1.86. The van der Waals surface area contributed by atoms with Gasteiger partial charge in [0.15, 0.2) is 5.82 Å². The Morgan fingerprint density at radius 2 is 1.83 bits per heavy atom. The van der Waals surface area contributed by atoms with Crippen LogP contribution in [-0.4, -0.2) is 21.7 Å². The summed E-state index contributed by atoms with van der Waals surface area (Å²) in [6.07, 6.45) is 12.8. The van der Waals surface area contributed by atoms with Gasteiger partial charge < -0.3 is 15.0 Å². The second kappa shape index (κ2) is 13.9. The molecule has 0 bridgehead atoms. The number of carboxylic acid groups (broad SMARTS) is 1. The van der Waals surface area contributed by atoms with Crippen LogP contribution in [0.25, 0.3) is 0 Å². The molecule has 1 saturated carbocycles. The molecule has 8 heteroatoms. The zero-order valence-electron chi connectivity index (χ0n) is 20.9. The number of hydrogen-bond donors (Lipinski definition) is 2. The lowest BCUT2D eigenvalue weighted by Gasteiger charge is -2.33. The number of halogens is 3.